The molecule has 0 radical (unpaired) electrons. The van der Waals surface area contributed by atoms with Crippen LogP contribution in [-0.4, -0.2) is 20.2 Å². The maximum atomic E-state index is 5.62. The lowest BCUT2D eigenvalue weighted by Crippen LogP contribution is -2.44. The standard InChI is InChI=1S/C7H8N6/c8-12-4-5-2-1-3-6-7(5)13(11-12)10-9-6/h1-3,11H,4,8H2. The topological polar surface area (TPSA) is 72.0 Å². The molecule has 0 saturated carbocycles. The maximum Gasteiger partial charge on any atom is 0.118 e. The molecule has 1 aromatic carbocycles. The van der Waals surface area contributed by atoms with Gasteiger partial charge in [0.2, 0.25) is 0 Å². The van der Waals surface area contributed by atoms with Gasteiger partial charge in [0.1, 0.15) is 11.0 Å². The quantitative estimate of drug-likeness (QED) is 0.533. The van der Waals surface area contributed by atoms with E-state index in [0.717, 1.165) is 16.6 Å². The van der Waals surface area contributed by atoms with Gasteiger partial charge in [0, 0.05) is 0 Å². The van der Waals surface area contributed by atoms with Crippen molar-refractivity contribution in [3.8, 4) is 0 Å². The normalized spacial score (nSPS) is 16.1. The summed E-state index contributed by atoms with van der Waals surface area (Å²) in [6.45, 7) is 0.657. The van der Waals surface area contributed by atoms with Crippen molar-refractivity contribution in [1.29, 1.82) is 0 Å². The predicted octanol–water partition coefficient (Wildman–Crippen LogP) is -0.421. The molecule has 0 fully saturated rings. The minimum atomic E-state index is 0.657. The van der Waals surface area contributed by atoms with Gasteiger partial charge in [-0.25, -0.2) is 11.4 Å². The van der Waals surface area contributed by atoms with E-state index in [1.807, 2.05) is 18.2 Å². The number of hydrogen-bond donors (Lipinski definition) is 2. The molecular formula is C7H8N6. The van der Waals surface area contributed by atoms with Crippen molar-refractivity contribution in [3.05, 3.63) is 23.8 Å². The van der Waals surface area contributed by atoms with Gasteiger partial charge in [0.05, 0.1) is 6.54 Å². The van der Waals surface area contributed by atoms with Crippen molar-refractivity contribution in [2.45, 2.75) is 6.54 Å². The molecule has 1 aromatic heterocycles. The van der Waals surface area contributed by atoms with Crippen molar-refractivity contribution < 1.29 is 0 Å². The summed E-state index contributed by atoms with van der Waals surface area (Å²) in [4.78, 5) is 1.58. The van der Waals surface area contributed by atoms with Crippen LogP contribution in [0.4, 0.5) is 0 Å². The van der Waals surface area contributed by atoms with E-state index in [1.165, 1.54) is 5.12 Å². The third-order valence-electron chi connectivity index (χ3n) is 2.12. The molecule has 2 heterocycles. The number of hydrazine groups is 2. The molecule has 0 aliphatic carbocycles. The summed E-state index contributed by atoms with van der Waals surface area (Å²) < 4.78 is 0. The molecule has 2 aromatic rings. The first kappa shape index (κ1) is 6.81. The highest BCUT2D eigenvalue weighted by atomic mass is 15.9. The van der Waals surface area contributed by atoms with Gasteiger partial charge in [-0.05, 0) is 16.8 Å². The highest BCUT2D eigenvalue weighted by molar-refractivity contribution is 5.78. The molecular weight excluding hydrogens is 168 g/mol. The first-order valence-corrected chi connectivity index (χ1v) is 3.97. The Labute approximate surface area is 73.8 Å². The number of nitrogens with one attached hydrogen (secondary N) is 1. The number of nitrogens with zero attached hydrogens (tertiary/aromatic N) is 4. The molecule has 1 aliphatic heterocycles. The zero-order chi connectivity index (χ0) is 8.84. The third-order valence-corrected chi connectivity index (χ3v) is 2.12. The molecule has 3 rings (SSSR count). The smallest absolute Gasteiger partial charge is 0.118 e. The zero-order valence-electron chi connectivity index (χ0n) is 6.81. The second kappa shape index (κ2) is 2.18. The van der Waals surface area contributed by atoms with E-state index in [4.69, 9.17) is 5.84 Å². The van der Waals surface area contributed by atoms with Crippen LogP contribution in [0.1, 0.15) is 5.56 Å². The Hall–Kier alpha value is -1.66. The van der Waals surface area contributed by atoms with Crippen LogP contribution in [0.3, 0.4) is 0 Å². The lowest BCUT2D eigenvalue weighted by atomic mass is 10.2. The maximum absolute atomic E-state index is 5.62. The van der Waals surface area contributed by atoms with Crippen LogP contribution in [0.2, 0.25) is 0 Å². The molecule has 13 heavy (non-hydrogen) atoms. The van der Waals surface area contributed by atoms with Crippen LogP contribution in [0, 0.1) is 0 Å². The van der Waals surface area contributed by atoms with Gasteiger partial charge in [-0.1, -0.05) is 12.1 Å². The van der Waals surface area contributed by atoms with Gasteiger partial charge in [0.15, 0.2) is 0 Å². The van der Waals surface area contributed by atoms with Crippen molar-refractivity contribution in [3.63, 3.8) is 0 Å². The summed E-state index contributed by atoms with van der Waals surface area (Å²) in [5, 5.41) is 9.37. The molecule has 0 saturated heterocycles. The average molecular weight is 176 g/mol. The van der Waals surface area contributed by atoms with E-state index >= 15 is 0 Å². The number of rotatable bonds is 0. The SMILES string of the molecule is NN1Cc2cccc3nnn(c23)N1. The fraction of sp³-hybridized carbons (Fsp3) is 0.143. The highest BCUT2D eigenvalue weighted by Gasteiger charge is 2.16. The Morgan fingerprint density at radius 2 is 2.38 bits per heavy atom. The molecule has 0 bridgehead atoms. The Morgan fingerprint density at radius 1 is 1.46 bits per heavy atom. The van der Waals surface area contributed by atoms with Crippen molar-refractivity contribution in [2.24, 2.45) is 5.84 Å². The van der Waals surface area contributed by atoms with Crippen molar-refractivity contribution in [2.75, 3.05) is 5.53 Å². The van der Waals surface area contributed by atoms with E-state index in [1.54, 1.807) is 4.79 Å². The van der Waals surface area contributed by atoms with Crippen LogP contribution < -0.4 is 11.4 Å². The summed E-state index contributed by atoms with van der Waals surface area (Å²) in [5.74, 6) is 5.62. The van der Waals surface area contributed by atoms with Crippen LogP contribution in [0.25, 0.3) is 11.0 Å². The van der Waals surface area contributed by atoms with Gasteiger partial charge in [-0.3, -0.25) is 0 Å². The number of para-hydroxylation sites is 1. The zero-order valence-corrected chi connectivity index (χ0v) is 6.81. The average Bonchev–Trinajstić information content (AvgIpc) is 2.50. The molecule has 6 nitrogen and oxygen atoms in total. The Bertz CT molecular complexity index is 461. The molecule has 0 amide bonds. The van der Waals surface area contributed by atoms with Crippen LogP contribution in [-0.2, 0) is 6.54 Å². The second-order valence-corrected chi connectivity index (χ2v) is 3.01. The monoisotopic (exact) mass is 176 g/mol. The molecule has 1 aliphatic rings. The summed E-state index contributed by atoms with van der Waals surface area (Å²) in [5.41, 5.74) is 5.88. The number of benzene rings is 1. The van der Waals surface area contributed by atoms with E-state index in [0.29, 0.717) is 6.54 Å². The summed E-state index contributed by atoms with van der Waals surface area (Å²) >= 11 is 0. The largest absolute Gasteiger partial charge is 0.249 e. The minimum Gasteiger partial charge on any atom is -0.249 e. The third kappa shape index (κ3) is 0.835. The summed E-state index contributed by atoms with van der Waals surface area (Å²) in [6.07, 6.45) is 0. The van der Waals surface area contributed by atoms with Gasteiger partial charge < -0.3 is 0 Å². The summed E-state index contributed by atoms with van der Waals surface area (Å²) in [7, 11) is 0. The van der Waals surface area contributed by atoms with E-state index in [9.17, 15) is 0 Å². The molecule has 66 valence electrons. The number of nitrogens with two attached hydrogens (primary N) is 1. The van der Waals surface area contributed by atoms with Crippen molar-refractivity contribution in [1.82, 2.24) is 20.2 Å². The molecule has 0 atom stereocenters. The van der Waals surface area contributed by atoms with E-state index in [-0.39, 0.29) is 0 Å². The highest BCUT2D eigenvalue weighted by Crippen LogP contribution is 2.19. The number of aromatic nitrogens is 3. The molecule has 0 unspecified atom stereocenters. The lowest BCUT2D eigenvalue weighted by Gasteiger charge is -2.23. The molecule has 6 heteroatoms. The first-order valence-electron chi connectivity index (χ1n) is 3.97. The summed E-state index contributed by atoms with van der Waals surface area (Å²) in [6, 6.07) is 5.90. The van der Waals surface area contributed by atoms with Crippen molar-refractivity contribution >= 4 is 11.0 Å². The molecule has 3 N–H and O–H groups in total. The Kier molecular flexibility index (Phi) is 1.14. The second-order valence-electron chi connectivity index (χ2n) is 3.01. The van der Waals surface area contributed by atoms with Crippen LogP contribution in [0.5, 0.6) is 0 Å². The van der Waals surface area contributed by atoms with Gasteiger partial charge in [0.25, 0.3) is 0 Å². The van der Waals surface area contributed by atoms with Gasteiger partial charge >= 0.3 is 0 Å². The van der Waals surface area contributed by atoms with Gasteiger partial charge in [-0.2, -0.15) is 0 Å². The van der Waals surface area contributed by atoms with Crippen LogP contribution >= 0.6 is 0 Å². The minimum absolute atomic E-state index is 0.657. The van der Waals surface area contributed by atoms with Crippen LogP contribution in [0.15, 0.2) is 18.2 Å². The fourth-order valence-corrected chi connectivity index (χ4v) is 1.58. The lowest BCUT2D eigenvalue weighted by molar-refractivity contribution is 0.272. The number of hydrogen-bond acceptors (Lipinski definition) is 5. The van der Waals surface area contributed by atoms with E-state index < -0.39 is 0 Å². The predicted molar refractivity (Wildman–Crippen MR) is 46.6 cm³/mol. The van der Waals surface area contributed by atoms with E-state index in [2.05, 4.69) is 15.8 Å². The molecule has 0 spiro atoms. The first-order chi connectivity index (χ1) is 6.34. The van der Waals surface area contributed by atoms with Gasteiger partial charge in [-0.15, -0.1) is 15.0 Å². The Morgan fingerprint density at radius 3 is 3.31 bits per heavy atom. The fourth-order valence-electron chi connectivity index (χ4n) is 1.58. The Balaban J connectivity index is 2.38.